The smallest absolute Gasteiger partial charge is 0.183 e. The fourth-order valence-corrected chi connectivity index (χ4v) is 3.84. The minimum atomic E-state index is 0.705. The van der Waals surface area contributed by atoms with Crippen LogP contribution in [0.1, 0.15) is 39.0 Å². The molecule has 20 heavy (non-hydrogen) atoms. The first-order chi connectivity index (χ1) is 9.85. The van der Waals surface area contributed by atoms with Gasteiger partial charge in [-0.25, -0.2) is 4.98 Å². The zero-order chi connectivity index (χ0) is 13.8. The predicted molar refractivity (Wildman–Crippen MR) is 85.9 cm³/mol. The number of thiazole rings is 1. The van der Waals surface area contributed by atoms with Crippen LogP contribution >= 0.6 is 11.3 Å². The molecule has 1 fully saturated rings. The lowest BCUT2D eigenvalue weighted by Gasteiger charge is -2.08. The molecule has 108 valence electrons. The van der Waals surface area contributed by atoms with Crippen LogP contribution in [-0.2, 0) is 0 Å². The molecule has 0 aliphatic heterocycles. The van der Waals surface area contributed by atoms with E-state index in [4.69, 9.17) is 4.74 Å². The van der Waals surface area contributed by atoms with Gasteiger partial charge in [0.05, 0.1) is 16.8 Å². The zero-order valence-corrected chi connectivity index (χ0v) is 12.8. The third-order valence-electron chi connectivity index (χ3n) is 3.97. The molecule has 1 aromatic carbocycles. The molecule has 0 unspecified atom stereocenters. The van der Waals surface area contributed by atoms with Crippen LogP contribution in [-0.4, -0.2) is 18.1 Å². The van der Waals surface area contributed by atoms with Crippen molar-refractivity contribution in [2.24, 2.45) is 5.92 Å². The highest BCUT2D eigenvalue weighted by Crippen LogP contribution is 2.30. The minimum Gasteiger partial charge on any atom is -0.494 e. The van der Waals surface area contributed by atoms with Crippen molar-refractivity contribution in [2.45, 2.75) is 39.0 Å². The van der Waals surface area contributed by atoms with E-state index in [-0.39, 0.29) is 0 Å². The molecule has 0 spiro atoms. The lowest BCUT2D eigenvalue weighted by molar-refractivity contribution is 0.341. The second-order valence-electron chi connectivity index (χ2n) is 5.45. The molecule has 0 atom stereocenters. The van der Waals surface area contributed by atoms with Gasteiger partial charge in [-0.3, -0.25) is 0 Å². The van der Waals surface area contributed by atoms with Gasteiger partial charge in [-0.05, 0) is 37.5 Å². The molecule has 0 bridgehead atoms. The summed E-state index contributed by atoms with van der Waals surface area (Å²) >= 11 is 1.72. The van der Waals surface area contributed by atoms with Gasteiger partial charge in [-0.15, -0.1) is 0 Å². The highest BCUT2D eigenvalue weighted by Gasteiger charge is 2.14. The number of rotatable bonds is 6. The Balaban J connectivity index is 1.60. The van der Waals surface area contributed by atoms with Crippen LogP contribution in [0.2, 0.25) is 0 Å². The number of nitrogens with zero attached hydrogens (tertiary/aromatic N) is 1. The number of anilines is 1. The van der Waals surface area contributed by atoms with Crippen molar-refractivity contribution in [1.82, 2.24) is 4.98 Å². The molecule has 0 saturated heterocycles. The van der Waals surface area contributed by atoms with Gasteiger partial charge in [0.1, 0.15) is 5.75 Å². The molecule has 0 radical (unpaired) electrons. The maximum Gasteiger partial charge on any atom is 0.183 e. The van der Waals surface area contributed by atoms with Crippen molar-refractivity contribution in [2.75, 3.05) is 18.5 Å². The number of ether oxygens (including phenoxy) is 1. The first-order valence-corrected chi connectivity index (χ1v) is 8.44. The summed E-state index contributed by atoms with van der Waals surface area (Å²) in [6.07, 6.45) is 6.95. The molecule has 1 aromatic heterocycles. The van der Waals surface area contributed by atoms with Crippen LogP contribution in [0.25, 0.3) is 10.2 Å². The average molecular weight is 290 g/mol. The van der Waals surface area contributed by atoms with Crippen LogP contribution in [0, 0.1) is 5.92 Å². The van der Waals surface area contributed by atoms with Crippen molar-refractivity contribution < 1.29 is 4.74 Å². The van der Waals surface area contributed by atoms with Gasteiger partial charge in [0.2, 0.25) is 0 Å². The molecule has 3 nitrogen and oxygen atoms in total. The number of benzene rings is 1. The molecular formula is C16H22N2OS. The quantitative estimate of drug-likeness (QED) is 0.838. The lowest BCUT2D eigenvalue weighted by atomic mass is 10.0. The van der Waals surface area contributed by atoms with Crippen LogP contribution in [0.15, 0.2) is 18.2 Å². The predicted octanol–water partition coefficient (Wildman–Crippen LogP) is 4.69. The SMILES string of the molecule is CCOc1ccc2nc(NCCC3CCCC3)sc2c1. The molecule has 0 amide bonds. The molecule has 2 aromatic rings. The van der Waals surface area contributed by atoms with E-state index in [2.05, 4.69) is 16.4 Å². The highest BCUT2D eigenvalue weighted by atomic mass is 32.1. The van der Waals surface area contributed by atoms with E-state index in [0.717, 1.165) is 28.9 Å². The van der Waals surface area contributed by atoms with E-state index in [1.165, 1.54) is 36.8 Å². The third kappa shape index (κ3) is 3.23. The normalized spacial score (nSPS) is 15.8. The van der Waals surface area contributed by atoms with Gasteiger partial charge < -0.3 is 10.1 Å². The Morgan fingerprint density at radius 1 is 1.35 bits per heavy atom. The summed E-state index contributed by atoms with van der Waals surface area (Å²) in [5.74, 6) is 1.86. The topological polar surface area (TPSA) is 34.1 Å². The summed E-state index contributed by atoms with van der Waals surface area (Å²) in [6, 6.07) is 6.12. The van der Waals surface area contributed by atoms with Gasteiger partial charge in [-0.1, -0.05) is 37.0 Å². The molecule has 1 N–H and O–H groups in total. The summed E-state index contributed by atoms with van der Waals surface area (Å²) in [4.78, 5) is 4.63. The van der Waals surface area contributed by atoms with Crippen molar-refractivity contribution in [1.29, 1.82) is 0 Å². The van der Waals surface area contributed by atoms with E-state index in [0.29, 0.717) is 6.61 Å². The first-order valence-electron chi connectivity index (χ1n) is 7.62. The molecule has 1 aliphatic carbocycles. The van der Waals surface area contributed by atoms with Crippen molar-refractivity contribution in [3.05, 3.63) is 18.2 Å². The Morgan fingerprint density at radius 3 is 3.00 bits per heavy atom. The maximum atomic E-state index is 5.53. The Labute approximate surface area is 124 Å². The van der Waals surface area contributed by atoms with E-state index in [1.54, 1.807) is 11.3 Å². The number of nitrogens with one attached hydrogen (secondary N) is 1. The standard InChI is InChI=1S/C16H22N2OS/c1-2-19-13-7-8-14-15(11-13)20-16(18-14)17-10-9-12-5-3-4-6-12/h7-8,11-12H,2-6,9-10H2,1H3,(H,17,18). The minimum absolute atomic E-state index is 0.705. The monoisotopic (exact) mass is 290 g/mol. The molecular weight excluding hydrogens is 268 g/mol. The fourth-order valence-electron chi connectivity index (χ4n) is 2.92. The fraction of sp³-hybridized carbons (Fsp3) is 0.562. The van der Waals surface area contributed by atoms with Crippen LogP contribution < -0.4 is 10.1 Å². The number of fused-ring (bicyclic) bond motifs is 1. The highest BCUT2D eigenvalue weighted by molar-refractivity contribution is 7.22. The second-order valence-corrected chi connectivity index (χ2v) is 6.48. The molecule has 1 aliphatic rings. The first kappa shape index (κ1) is 13.7. The number of hydrogen-bond donors (Lipinski definition) is 1. The summed E-state index contributed by atoms with van der Waals surface area (Å²) < 4.78 is 6.72. The number of aromatic nitrogens is 1. The third-order valence-corrected chi connectivity index (χ3v) is 4.95. The summed E-state index contributed by atoms with van der Waals surface area (Å²) in [5.41, 5.74) is 1.06. The Morgan fingerprint density at radius 2 is 2.20 bits per heavy atom. The average Bonchev–Trinajstić information content (AvgIpc) is 3.07. The van der Waals surface area contributed by atoms with E-state index in [1.807, 2.05) is 19.1 Å². The summed E-state index contributed by atoms with van der Waals surface area (Å²) in [7, 11) is 0. The zero-order valence-electron chi connectivity index (χ0n) is 12.0. The summed E-state index contributed by atoms with van der Waals surface area (Å²) in [5, 5.41) is 4.51. The van der Waals surface area contributed by atoms with Gasteiger partial charge in [-0.2, -0.15) is 0 Å². The van der Waals surface area contributed by atoms with Crippen LogP contribution in [0.3, 0.4) is 0 Å². The Kier molecular flexibility index (Phi) is 4.41. The van der Waals surface area contributed by atoms with Gasteiger partial charge in [0.25, 0.3) is 0 Å². The van der Waals surface area contributed by atoms with Gasteiger partial charge in [0.15, 0.2) is 5.13 Å². The molecule has 3 rings (SSSR count). The van der Waals surface area contributed by atoms with Crippen molar-refractivity contribution in [3.8, 4) is 5.75 Å². The van der Waals surface area contributed by atoms with E-state index < -0.39 is 0 Å². The largest absolute Gasteiger partial charge is 0.494 e. The summed E-state index contributed by atoms with van der Waals surface area (Å²) in [6.45, 7) is 3.76. The lowest BCUT2D eigenvalue weighted by Crippen LogP contribution is -2.06. The Bertz CT molecular complexity index is 561. The van der Waals surface area contributed by atoms with Gasteiger partial charge >= 0.3 is 0 Å². The van der Waals surface area contributed by atoms with Crippen molar-refractivity contribution >= 4 is 26.7 Å². The van der Waals surface area contributed by atoms with Crippen LogP contribution in [0.4, 0.5) is 5.13 Å². The van der Waals surface area contributed by atoms with E-state index in [9.17, 15) is 0 Å². The van der Waals surface area contributed by atoms with Crippen molar-refractivity contribution in [3.63, 3.8) is 0 Å². The van der Waals surface area contributed by atoms with Crippen LogP contribution in [0.5, 0.6) is 5.75 Å². The van der Waals surface area contributed by atoms with Gasteiger partial charge in [0, 0.05) is 6.54 Å². The number of hydrogen-bond acceptors (Lipinski definition) is 4. The van der Waals surface area contributed by atoms with E-state index >= 15 is 0 Å². The molecule has 1 saturated carbocycles. The molecule has 1 heterocycles. The molecule has 4 heteroatoms. The second kappa shape index (κ2) is 6.44. The maximum absolute atomic E-state index is 5.53. The Hall–Kier alpha value is -1.29.